The number of phosphoric acid groups is 2. The van der Waals surface area contributed by atoms with Crippen molar-refractivity contribution in [2.75, 3.05) is 39.6 Å². The lowest BCUT2D eigenvalue weighted by atomic mass is 10.0. The molecule has 4 N–H and O–H groups in total. The number of carbonyl (C=O) groups is 3. The first-order chi connectivity index (χ1) is 55.2. The second-order valence-electron chi connectivity index (χ2n) is 28.6. The summed E-state index contributed by atoms with van der Waals surface area (Å²) < 4.78 is 61.3. The molecule has 0 aliphatic heterocycles. The van der Waals surface area contributed by atoms with Gasteiger partial charge in [0, 0.05) is 19.3 Å². The Kier molecular flexibility index (Phi) is 81.5. The molecule has 0 heterocycles. The number of phosphoric ester groups is 2. The average molecular weight is 1620 g/mol. The Bertz CT molecular complexity index is 2830. The quantitative estimate of drug-likeness (QED) is 0.0146. The van der Waals surface area contributed by atoms with Crippen LogP contribution in [0, 0.1) is 0 Å². The fourth-order valence-electron chi connectivity index (χ4n) is 11.2. The van der Waals surface area contributed by atoms with Gasteiger partial charge in [-0.2, -0.15) is 0 Å². The van der Waals surface area contributed by atoms with Crippen LogP contribution >= 0.6 is 15.6 Å². The van der Waals surface area contributed by atoms with Crippen LogP contribution in [0.3, 0.4) is 0 Å². The normalized spacial score (nSPS) is 14.8. The molecule has 5 unspecified atom stereocenters. The maximum atomic E-state index is 13.0. The second kappa shape index (κ2) is 85.8. The van der Waals surface area contributed by atoms with Crippen LogP contribution in [0.4, 0.5) is 0 Å². The minimum Gasteiger partial charge on any atom is -0.463 e. The van der Waals surface area contributed by atoms with Gasteiger partial charge in [-0.05, 0) is 154 Å². The van der Waals surface area contributed by atoms with Crippen molar-refractivity contribution in [2.45, 2.75) is 347 Å². The summed E-state index contributed by atoms with van der Waals surface area (Å²) in [5, 5.41) is 20.7. The van der Waals surface area contributed by atoms with Gasteiger partial charge < -0.3 is 34.2 Å². The van der Waals surface area contributed by atoms with Gasteiger partial charge in [0.25, 0.3) is 0 Å². The third kappa shape index (κ3) is 87.1. The van der Waals surface area contributed by atoms with Gasteiger partial charge >= 0.3 is 33.6 Å². The molecule has 0 aromatic carbocycles. The van der Waals surface area contributed by atoms with Crippen LogP contribution in [0.1, 0.15) is 329 Å². The number of allylic oxidation sites excluding steroid dienone is 32. The molecule has 0 spiro atoms. The second-order valence-corrected chi connectivity index (χ2v) is 31.5. The lowest BCUT2D eigenvalue weighted by Crippen LogP contribution is -2.29. The molecule has 0 saturated heterocycles. The van der Waals surface area contributed by atoms with E-state index in [0.29, 0.717) is 25.7 Å². The number of aliphatic hydroxyl groups is 2. The van der Waals surface area contributed by atoms with E-state index in [-0.39, 0.29) is 19.3 Å². The van der Waals surface area contributed by atoms with Crippen LogP contribution in [-0.2, 0) is 55.8 Å². The van der Waals surface area contributed by atoms with Crippen LogP contribution in [0.25, 0.3) is 0 Å². The maximum absolute atomic E-state index is 13.0. The van der Waals surface area contributed by atoms with E-state index in [2.05, 4.69) is 197 Å². The van der Waals surface area contributed by atoms with Crippen LogP contribution in [0.5, 0.6) is 0 Å². The summed E-state index contributed by atoms with van der Waals surface area (Å²) in [5.41, 5.74) is 0. The van der Waals surface area contributed by atoms with Crippen molar-refractivity contribution in [1.29, 1.82) is 0 Å². The van der Waals surface area contributed by atoms with Crippen molar-refractivity contribution in [2.24, 2.45) is 0 Å². The first-order valence-corrected chi connectivity index (χ1v) is 46.7. The van der Waals surface area contributed by atoms with Crippen molar-refractivity contribution in [1.82, 2.24) is 0 Å². The highest BCUT2D eigenvalue weighted by Crippen LogP contribution is 2.45. The molecule has 113 heavy (non-hydrogen) atoms. The molecule has 0 bridgehead atoms. The number of hydrogen-bond donors (Lipinski definition) is 4. The summed E-state index contributed by atoms with van der Waals surface area (Å²) in [6, 6.07) is 0. The standard InChI is InChI=1S/C95H156O16P2/c1-4-7-10-13-16-19-22-25-28-31-34-36-38-40-42-44-46-48-50-52-55-57-60-63-66-69-72-75-78-81-93(98)105-84-90(96)85-107-112(101,102)108-86-91(97)87-109-113(103,104)110-89-92(111-95(100)83-80-77-74-71-68-65-62-59-54-33-30-27-24-21-18-15-12-9-6-3)88-106-94(99)82-79-76-73-70-67-64-61-58-56-53-51-49-47-45-43-41-39-37-35-32-29-26-23-20-17-14-11-8-5-2/h7,9-10,12,16-21,25-30,34-37,40-43,46,48,54,59,65,68,74,77,90-92,96-97H,4-6,8,11,13-15,22-24,31-33,38-39,44-45,47,49-53,55-58,60-64,66-67,69-73,75-76,78-89H2,1-3H3,(H,101,102)(H,103,104)/b10-7-,12-9-,19-16-,20-17-,21-18-,28-25-,29-26-,30-27-,36-34-,37-35-,42-40-,43-41-,48-46-,59-54-,68-65-,77-74-. The minimum atomic E-state index is -4.97. The molecule has 0 aromatic rings. The number of ether oxygens (including phenoxy) is 3. The van der Waals surface area contributed by atoms with Gasteiger partial charge in [0.05, 0.1) is 26.4 Å². The molecular weight excluding hydrogens is 1460 g/mol. The van der Waals surface area contributed by atoms with E-state index in [1.807, 2.05) is 18.2 Å². The molecule has 0 saturated carbocycles. The number of aliphatic hydroxyl groups excluding tert-OH is 2. The zero-order chi connectivity index (χ0) is 82.2. The Labute approximate surface area is 687 Å². The summed E-state index contributed by atoms with van der Waals surface area (Å²) in [6.07, 6.45) is 114. The molecule has 5 atom stereocenters. The third-order valence-electron chi connectivity index (χ3n) is 17.8. The number of rotatable bonds is 81. The van der Waals surface area contributed by atoms with E-state index in [4.69, 9.17) is 32.3 Å². The SMILES string of the molecule is CC/C=C\C/C=C\C/C=C\C/C=C\C/C=C\C/C=C\CCCCCCCCCCCCC(=O)OCC(O)COP(=O)(O)OCC(O)COP(=O)(O)OCC(COC(=O)CCCCCCCCCCCCCCC/C=C\C/C=C\C/C=C\C/C=C\CCCCC)OC(=O)CC/C=C\C/C=C\C/C=C\C/C=C\C/C=C\C/C=C\CC. The Morgan fingerprint density at radius 3 is 0.779 bits per heavy atom. The zero-order valence-corrected chi connectivity index (χ0v) is 72.3. The van der Waals surface area contributed by atoms with Crippen molar-refractivity contribution in [3.8, 4) is 0 Å². The zero-order valence-electron chi connectivity index (χ0n) is 70.5. The van der Waals surface area contributed by atoms with Crippen LogP contribution in [-0.4, -0.2) is 95.9 Å². The van der Waals surface area contributed by atoms with Crippen LogP contribution < -0.4 is 0 Å². The third-order valence-corrected chi connectivity index (χ3v) is 19.7. The Balaban J connectivity index is 4.66. The molecule has 16 nitrogen and oxygen atoms in total. The van der Waals surface area contributed by atoms with Gasteiger partial charge in [-0.1, -0.05) is 350 Å². The Morgan fingerprint density at radius 1 is 0.257 bits per heavy atom. The molecule has 0 aromatic heterocycles. The predicted molar refractivity (Wildman–Crippen MR) is 472 cm³/mol. The Hall–Kier alpha value is -5.61. The van der Waals surface area contributed by atoms with Crippen molar-refractivity contribution >= 4 is 33.6 Å². The van der Waals surface area contributed by atoms with E-state index in [9.17, 15) is 43.5 Å². The number of carbonyl (C=O) groups excluding carboxylic acids is 3. The molecule has 642 valence electrons. The highest BCUT2D eigenvalue weighted by atomic mass is 31.2. The molecule has 0 fully saturated rings. The van der Waals surface area contributed by atoms with Gasteiger partial charge in [0.2, 0.25) is 0 Å². The highest BCUT2D eigenvalue weighted by molar-refractivity contribution is 7.47. The van der Waals surface area contributed by atoms with Crippen LogP contribution in [0.2, 0.25) is 0 Å². The molecule has 0 radical (unpaired) electrons. The van der Waals surface area contributed by atoms with E-state index in [0.717, 1.165) is 154 Å². The van der Waals surface area contributed by atoms with Crippen LogP contribution in [0.15, 0.2) is 194 Å². The maximum Gasteiger partial charge on any atom is 0.472 e. The first kappa shape index (κ1) is 107. The molecule has 0 aliphatic carbocycles. The monoisotopic (exact) mass is 1620 g/mol. The number of esters is 3. The summed E-state index contributed by atoms with van der Waals surface area (Å²) >= 11 is 0. The number of unbranched alkanes of at least 4 members (excludes halogenated alkanes) is 26. The van der Waals surface area contributed by atoms with Gasteiger partial charge in [0.1, 0.15) is 25.4 Å². The molecular formula is C95H156O16P2. The number of hydrogen-bond acceptors (Lipinski definition) is 14. The Morgan fingerprint density at radius 2 is 0.487 bits per heavy atom. The summed E-state index contributed by atoms with van der Waals surface area (Å²) in [4.78, 5) is 58.8. The van der Waals surface area contributed by atoms with Gasteiger partial charge in [-0.25, -0.2) is 9.13 Å². The molecule has 0 aliphatic rings. The lowest BCUT2D eigenvalue weighted by molar-refractivity contribution is -0.161. The van der Waals surface area contributed by atoms with E-state index in [1.165, 1.54) is 109 Å². The van der Waals surface area contributed by atoms with Gasteiger partial charge in [-0.3, -0.25) is 32.5 Å². The molecule has 0 rings (SSSR count). The van der Waals surface area contributed by atoms with Crippen molar-refractivity contribution in [3.63, 3.8) is 0 Å². The smallest absolute Gasteiger partial charge is 0.463 e. The fourth-order valence-corrected chi connectivity index (χ4v) is 12.8. The molecule has 18 heteroatoms. The largest absolute Gasteiger partial charge is 0.472 e. The van der Waals surface area contributed by atoms with Crippen molar-refractivity contribution < 1.29 is 75.8 Å². The molecule has 0 amide bonds. The highest BCUT2D eigenvalue weighted by Gasteiger charge is 2.29. The van der Waals surface area contributed by atoms with E-state index < -0.39 is 91.5 Å². The van der Waals surface area contributed by atoms with Crippen molar-refractivity contribution in [3.05, 3.63) is 194 Å². The topological polar surface area (TPSA) is 231 Å². The minimum absolute atomic E-state index is 0.0268. The first-order valence-electron chi connectivity index (χ1n) is 43.7. The lowest BCUT2D eigenvalue weighted by Gasteiger charge is -2.21. The predicted octanol–water partition coefficient (Wildman–Crippen LogP) is 26.7. The average Bonchev–Trinajstić information content (AvgIpc) is 0.899. The van der Waals surface area contributed by atoms with E-state index in [1.54, 1.807) is 0 Å². The van der Waals surface area contributed by atoms with Gasteiger partial charge in [0.15, 0.2) is 6.10 Å². The van der Waals surface area contributed by atoms with Gasteiger partial charge in [-0.15, -0.1) is 0 Å². The summed E-state index contributed by atoms with van der Waals surface area (Å²) in [5.74, 6) is -1.68. The fraction of sp³-hybridized carbons (Fsp3) is 0.632. The van der Waals surface area contributed by atoms with E-state index >= 15 is 0 Å². The summed E-state index contributed by atoms with van der Waals surface area (Å²) in [6.45, 7) is 2.34. The summed E-state index contributed by atoms with van der Waals surface area (Å²) in [7, 11) is -9.84.